The summed E-state index contributed by atoms with van der Waals surface area (Å²) >= 11 is 0. The molecule has 0 unspecified atom stereocenters. The van der Waals surface area contributed by atoms with Gasteiger partial charge in [-0.15, -0.1) is 0 Å². The summed E-state index contributed by atoms with van der Waals surface area (Å²) < 4.78 is 7.45. The van der Waals surface area contributed by atoms with E-state index < -0.39 is 0 Å². The highest BCUT2D eigenvalue weighted by Gasteiger charge is 2.25. The lowest BCUT2D eigenvalue weighted by Crippen LogP contribution is -2.51. The van der Waals surface area contributed by atoms with E-state index in [4.69, 9.17) is 9.72 Å². The average molecular weight is 419 g/mol. The monoisotopic (exact) mass is 418 g/mol. The summed E-state index contributed by atoms with van der Waals surface area (Å²) in [5.41, 5.74) is 4.16. The fourth-order valence-corrected chi connectivity index (χ4v) is 4.54. The summed E-state index contributed by atoms with van der Waals surface area (Å²) in [4.78, 5) is 23.8. The van der Waals surface area contributed by atoms with Gasteiger partial charge in [0.2, 0.25) is 5.91 Å². The van der Waals surface area contributed by atoms with Crippen molar-refractivity contribution < 1.29 is 9.53 Å². The van der Waals surface area contributed by atoms with Gasteiger partial charge in [0.05, 0.1) is 36.4 Å². The second-order valence-electron chi connectivity index (χ2n) is 8.19. The number of para-hydroxylation sites is 2. The van der Waals surface area contributed by atoms with Crippen LogP contribution in [0.1, 0.15) is 11.1 Å². The number of amides is 1. The van der Waals surface area contributed by atoms with E-state index in [2.05, 4.69) is 26.3 Å². The predicted molar refractivity (Wildman–Crippen MR) is 118 cm³/mol. The Morgan fingerprint density at radius 3 is 2.61 bits per heavy atom. The zero-order chi connectivity index (χ0) is 21.4. The second-order valence-corrected chi connectivity index (χ2v) is 8.19. The van der Waals surface area contributed by atoms with Crippen LogP contribution in [0.25, 0.3) is 16.7 Å². The second kappa shape index (κ2) is 8.17. The molecule has 3 aromatic rings. The zero-order valence-corrected chi connectivity index (χ0v) is 17.8. The number of rotatable bonds is 3. The lowest BCUT2D eigenvalue weighted by Gasteiger charge is -2.37. The molecule has 8 nitrogen and oxygen atoms in total. The van der Waals surface area contributed by atoms with Crippen molar-refractivity contribution in [1.82, 2.24) is 19.2 Å². The smallest absolute Gasteiger partial charge is 0.236 e. The number of nitrogens with zero attached hydrogens (tertiary/aromatic N) is 6. The van der Waals surface area contributed by atoms with Crippen molar-refractivity contribution in [2.75, 3.05) is 63.9 Å². The Morgan fingerprint density at radius 1 is 1.13 bits per heavy atom. The predicted octanol–water partition coefficient (Wildman–Crippen LogP) is 1.65. The molecule has 0 bridgehead atoms. The Hall–Kier alpha value is -3.15. The molecule has 2 aliphatic rings. The number of benzene rings is 1. The van der Waals surface area contributed by atoms with Crippen molar-refractivity contribution in [1.29, 1.82) is 5.26 Å². The van der Waals surface area contributed by atoms with Crippen LogP contribution in [0.5, 0.6) is 0 Å². The van der Waals surface area contributed by atoms with Crippen molar-refractivity contribution in [3.8, 4) is 6.07 Å². The number of aromatic nitrogens is 2. The van der Waals surface area contributed by atoms with Crippen molar-refractivity contribution in [2.24, 2.45) is 0 Å². The maximum absolute atomic E-state index is 12.6. The van der Waals surface area contributed by atoms with Crippen molar-refractivity contribution in [3.05, 3.63) is 41.5 Å². The molecule has 2 aliphatic heterocycles. The van der Waals surface area contributed by atoms with Gasteiger partial charge in [0.15, 0.2) is 5.65 Å². The highest BCUT2D eigenvalue weighted by Crippen LogP contribution is 2.29. The first-order valence-electron chi connectivity index (χ1n) is 10.8. The van der Waals surface area contributed by atoms with E-state index in [-0.39, 0.29) is 5.91 Å². The van der Waals surface area contributed by atoms with Crippen LogP contribution < -0.4 is 4.90 Å². The summed E-state index contributed by atoms with van der Waals surface area (Å²) in [5.74, 6) is 1.24. The molecule has 0 aliphatic carbocycles. The Balaban J connectivity index is 1.38. The van der Waals surface area contributed by atoms with Gasteiger partial charge < -0.3 is 14.5 Å². The first-order chi connectivity index (χ1) is 15.2. The van der Waals surface area contributed by atoms with Gasteiger partial charge >= 0.3 is 0 Å². The van der Waals surface area contributed by atoms with Gasteiger partial charge in [-0.25, -0.2) is 4.98 Å². The molecule has 31 heavy (non-hydrogen) atoms. The average Bonchev–Trinajstić information content (AvgIpc) is 3.19. The van der Waals surface area contributed by atoms with E-state index >= 15 is 0 Å². The molecule has 1 aromatic carbocycles. The lowest BCUT2D eigenvalue weighted by molar-refractivity contribution is -0.136. The molecular weight excluding hydrogens is 392 g/mol. The minimum absolute atomic E-state index is 0.189. The maximum atomic E-state index is 12.6. The largest absolute Gasteiger partial charge is 0.378 e. The Kier molecular flexibility index (Phi) is 5.22. The Morgan fingerprint density at radius 2 is 1.87 bits per heavy atom. The number of nitriles is 1. The third kappa shape index (κ3) is 3.60. The molecule has 5 rings (SSSR count). The van der Waals surface area contributed by atoms with Crippen LogP contribution in [0.2, 0.25) is 0 Å². The van der Waals surface area contributed by atoms with Crippen molar-refractivity contribution in [3.63, 3.8) is 0 Å². The highest BCUT2D eigenvalue weighted by molar-refractivity contribution is 5.85. The minimum atomic E-state index is 0.189. The van der Waals surface area contributed by atoms with Gasteiger partial charge in [0, 0.05) is 39.3 Å². The number of fused-ring (bicyclic) bond motifs is 3. The summed E-state index contributed by atoms with van der Waals surface area (Å²) in [6, 6.07) is 12.4. The van der Waals surface area contributed by atoms with Crippen LogP contribution in [0.3, 0.4) is 0 Å². The molecule has 160 valence electrons. The van der Waals surface area contributed by atoms with E-state index in [0.717, 1.165) is 48.6 Å². The number of hydrogen-bond donors (Lipinski definition) is 0. The van der Waals surface area contributed by atoms with Gasteiger partial charge in [-0.3, -0.25) is 14.1 Å². The number of imidazole rings is 1. The molecule has 2 fully saturated rings. The van der Waals surface area contributed by atoms with Gasteiger partial charge in [-0.1, -0.05) is 12.1 Å². The standard InChI is InChI=1S/C23H26N6O2/c1-17-14-21(29-20-5-3-2-4-19(20)25-23(29)18(17)15-24)27-8-6-26(7-9-27)16-22(30)28-10-12-31-13-11-28/h2-5,14H,6-13,16H2,1H3. The first-order valence-corrected chi connectivity index (χ1v) is 10.8. The SMILES string of the molecule is Cc1cc(N2CCN(CC(=O)N3CCOCC3)CC2)n2c(nc3ccccc32)c1C#N. The molecule has 2 aromatic heterocycles. The quantitative estimate of drug-likeness (QED) is 0.644. The molecule has 1 amide bonds. The number of aryl methyl sites for hydroxylation is 1. The highest BCUT2D eigenvalue weighted by atomic mass is 16.5. The van der Waals surface area contributed by atoms with E-state index in [1.54, 1.807) is 0 Å². The fraction of sp³-hybridized carbons (Fsp3) is 0.435. The molecule has 0 radical (unpaired) electrons. The molecule has 4 heterocycles. The molecule has 0 spiro atoms. The van der Waals surface area contributed by atoms with Crippen LogP contribution in [-0.2, 0) is 9.53 Å². The number of pyridine rings is 1. The number of anilines is 1. The molecule has 0 N–H and O–H groups in total. The fourth-order valence-electron chi connectivity index (χ4n) is 4.54. The molecule has 8 heteroatoms. The number of ether oxygens (including phenoxy) is 1. The summed E-state index contributed by atoms with van der Waals surface area (Å²) in [6.45, 7) is 8.37. The van der Waals surface area contributed by atoms with Crippen molar-refractivity contribution in [2.45, 2.75) is 6.92 Å². The van der Waals surface area contributed by atoms with Crippen LogP contribution in [0, 0.1) is 18.3 Å². The van der Waals surface area contributed by atoms with Crippen molar-refractivity contribution >= 4 is 28.4 Å². The number of piperazine rings is 1. The van der Waals surface area contributed by atoms with Gasteiger partial charge in [-0.05, 0) is 30.7 Å². The molecular formula is C23H26N6O2. The topological polar surface area (TPSA) is 77.1 Å². The summed E-state index contributed by atoms with van der Waals surface area (Å²) in [7, 11) is 0. The van der Waals surface area contributed by atoms with Gasteiger partial charge in [-0.2, -0.15) is 5.26 Å². The van der Waals surface area contributed by atoms with E-state index in [9.17, 15) is 10.1 Å². The normalized spacial score (nSPS) is 17.9. The van der Waals surface area contributed by atoms with Crippen LogP contribution in [-0.4, -0.2) is 84.1 Å². The summed E-state index contributed by atoms with van der Waals surface area (Å²) in [5, 5.41) is 9.70. The van der Waals surface area contributed by atoms with E-state index in [1.165, 1.54) is 0 Å². The van der Waals surface area contributed by atoms with Crippen LogP contribution in [0.15, 0.2) is 30.3 Å². The Bertz CT molecular complexity index is 1170. The third-order valence-corrected chi connectivity index (χ3v) is 6.28. The van der Waals surface area contributed by atoms with Crippen LogP contribution in [0.4, 0.5) is 5.82 Å². The van der Waals surface area contributed by atoms with E-state index in [1.807, 2.05) is 36.1 Å². The van der Waals surface area contributed by atoms with Crippen LogP contribution >= 0.6 is 0 Å². The first kappa shape index (κ1) is 19.8. The summed E-state index contributed by atoms with van der Waals surface area (Å²) in [6.07, 6.45) is 0. The maximum Gasteiger partial charge on any atom is 0.236 e. The molecule has 0 saturated carbocycles. The zero-order valence-electron chi connectivity index (χ0n) is 17.8. The molecule has 2 saturated heterocycles. The minimum Gasteiger partial charge on any atom is -0.378 e. The number of carbonyl (C=O) groups excluding carboxylic acids is 1. The van der Waals surface area contributed by atoms with E-state index in [0.29, 0.717) is 44.1 Å². The number of hydrogen-bond acceptors (Lipinski definition) is 6. The third-order valence-electron chi connectivity index (χ3n) is 6.28. The molecule has 0 atom stereocenters. The lowest BCUT2D eigenvalue weighted by atomic mass is 10.1. The number of morpholine rings is 1. The van der Waals surface area contributed by atoms with Gasteiger partial charge in [0.1, 0.15) is 11.9 Å². The Labute approximate surface area is 181 Å². The number of carbonyl (C=O) groups is 1. The van der Waals surface area contributed by atoms with Gasteiger partial charge in [0.25, 0.3) is 0 Å².